The number of furan rings is 1. The van der Waals surface area contributed by atoms with Crippen molar-refractivity contribution in [1.82, 2.24) is 9.47 Å². The average molecular weight is 346 g/mol. The highest BCUT2D eigenvalue weighted by atomic mass is 19.1. The fourth-order valence-corrected chi connectivity index (χ4v) is 3.14. The predicted molar refractivity (Wildman–Crippen MR) is 86.4 cm³/mol. The van der Waals surface area contributed by atoms with Crippen LogP contribution < -0.4 is 0 Å². The Morgan fingerprint density at radius 3 is 2.52 bits per heavy atom. The summed E-state index contributed by atoms with van der Waals surface area (Å²) < 4.78 is 39.4. The van der Waals surface area contributed by atoms with Gasteiger partial charge in [-0.25, -0.2) is 8.78 Å². The molecule has 0 bridgehead atoms. The van der Waals surface area contributed by atoms with Gasteiger partial charge in [-0.15, -0.1) is 0 Å². The Labute approximate surface area is 142 Å². The summed E-state index contributed by atoms with van der Waals surface area (Å²) >= 11 is 0. The van der Waals surface area contributed by atoms with Gasteiger partial charge >= 0.3 is 0 Å². The van der Waals surface area contributed by atoms with E-state index in [1.54, 1.807) is 21.6 Å². The lowest BCUT2D eigenvalue weighted by molar-refractivity contribution is 0.0296. The lowest BCUT2D eigenvalue weighted by atomic mass is 10.2. The first-order valence-corrected chi connectivity index (χ1v) is 8.00. The second kappa shape index (κ2) is 6.33. The second-order valence-corrected chi connectivity index (χ2v) is 5.97. The number of nitrogens with zero attached hydrogens (tertiary/aromatic N) is 2. The maximum absolute atomic E-state index is 13.5. The molecule has 25 heavy (non-hydrogen) atoms. The zero-order valence-electron chi connectivity index (χ0n) is 13.4. The van der Waals surface area contributed by atoms with Gasteiger partial charge in [-0.1, -0.05) is 0 Å². The highest BCUT2D eigenvalue weighted by Crippen LogP contribution is 2.24. The third-order valence-electron chi connectivity index (χ3n) is 4.30. The van der Waals surface area contributed by atoms with Crippen LogP contribution in [0.15, 0.2) is 41.0 Å². The Morgan fingerprint density at radius 2 is 1.80 bits per heavy atom. The van der Waals surface area contributed by atoms with E-state index in [2.05, 4.69) is 0 Å². The molecule has 1 fully saturated rings. The van der Waals surface area contributed by atoms with Crippen LogP contribution in [0.2, 0.25) is 0 Å². The number of hydrogen-bond donors (Lipinski definition) is 0. The van der Waals surface area contributed by atoms with Gasteiger partial charge in [0.2, 0.25) is 0 Å². The molecule has 3 aromatic rings. The van der Waals surface area contributed by atoms with E-state index in [0.29, 0.717) is 48.7 Å². The van der Waals surface area contributed by atoms with Crippen LogP contribution in [-0.2, 0) is 11.3 Å². The number of benzene rings is 1. The number of carbonyl (C=O) groups is 1. The van der Waals surface area contributed by atoms with Crippen molar-refractivity contribution < 1.29 is 22.7 Å². The van der Waals surface area contributed by atoms with Gasteiger partial charge in [0.15, 0.2) is 5.58 Å². The predicted octanol–water partition coefficient (Wildman–Crippen LogP) is 3.03. The molecule has 5 nitrogen and oxygen atoms in total. The molecule has 0 atom stereocenters. The third kappa shape index (κ3) is 3.02. The monoisotopic (exact) mass is 346 g/mol. The zero-order valence-corrected chi connectivity index (χ0v) is 13.4. The molecular formula is C18H16F2N2O3. The Hall–Kier alpha value is -2.67. The first-order valence-electron chi connectivity index (χ1n) is 8.00. The Kier molecular flexibility index (Phi) is 4.01. The van der Waals surface area contributed by atoms with Gasteiger partial charge in [-0.05, 0) is 17.7 Å². The van der Waals surface area contributed by atoms with Crippen LogP contribution in [0.1, 0.15) is 16.1 Å². The largest absolute Gasteiger partial charge is 0.463 e. The smallest absolute Gasteiger partial charge is 0.270 e. The fourth-order valence-electron chi connectivity index (χ4n) is 3.14. The number of ether oxygens (including phenoxy) is 1. The van der Waals surface area contributed by atoms with Crippen molar-refractivity contribution in [2.45, 2.75) is 6.54 Å². The van der Waals surface area contributed by atoms with Crippen LogP contribution in [0.3, 0.4) is 0 Å². The minimum Gasteiger partial charge on any atom is -0.463 e. The maximum Gasteiger partial charge on any atom is 0.270 e. The Bertz CT molecular complexity index is 905. The molecule has 0 aliphatic carbocycles. The van der Waals surface area contributed by atoms with Gasteiger partial charge in [0.1, 0.15) is 17.3 Å². The SMILES string of the molecule is O=C(c1cc2occc2n1Cc1cc(F)cc(F)c1)N1CCOCC1. The molecule has 1 aromatic carbocycles. The fraction of sp³-hybridized carbons (Fsp3) is 0.278. The van der Waals surface area contributed by atoms with Crippen molar-refractivity contribution in [3.05, 3.63) is 59.5 Å². The van der Waals surface area contributed by atoms with Crippen LogP contribution in [0.25, 0.3) is 11.1 Å². The van der Waals surface area contributed by atoms with Crippen molar-refractivity contribution in [3.8, 4) is 0 Å². The molecule has 0 N–H and O–H groups in total. The van der Waals surface area contributed by atoms with Gasteiger partial charge in [-0.2, -0.15) is 0 Å². The number of morpholine rings is 1. The number of rotatable bonds is 3. The topological polar surface area (TPSA) is 47.6 Å². The van der Waals surface area contributed by atoms with E-state index in [4.69, 9.17) is 9.15 Å². The Balaban J connectivity index is 1.73. The van der Waals surface area contributed by atoms with Crippen molar-refractivity contribution >= 4 is 17.0 Å². The van der Waals surface area contributed by atoms with Crippen LogP contribution in [-0.4, -0.2) is 41.7 Å². The zero-order chi connectivity index (χ0) is 17.4. The summed E-state index contributed by atoms with van der Waals surface area (Å²) in [6.07, 6.45) is 1.52. The molecule has 1 saturated heterocycles. The normalized spacial score (nSPS) is 15.0. The summed E-state index contributed by atoms with van der Waals surface area (Å²) in [5.41, 5.74) is 2.14. The molecule has 1 amide bonds. The molecular weight excluding hydrogens is 330 g/mol. The summed E-state index contributed by atoms with van der Waals surface area (Å²) in [5, 5.41) is 0. The van der Waals surface area contributed by atoms with E-state index < -0.39 is 11.6 Å². The average Bonchev–Trinajstić information content (AvgIpc) is 3.17. The quantitative estimate of drug-likeness (QED) is 0.732. The molecule has 1 aliphatic heterocycles. The minimum absolute atomic E-state index is 0.147. The van der Waals surface area contributed by atoms with E-state index in [0.717, 1.165) is 6.07 Å². The molecule has 0 spiro atoms. The van der Waals surface area contributed by atoms with E-state index in [9.17, 15) is 13.6 Å². The number of fused-ring (bicyclic) bond motifs is 1. The van der Waals surface area contributed by atoms with Gasteiger partial charge < -0.3 is 18.6 Å². The number of amides is 1. The number of aromatic nitrogens is 1. The van der Waals surface area contributed by atoms with E-state index in [1.807, 2.05) is 0 Å². The molecule has 2 aromatic heterocycles. The van der Waals surface area contributed by atoms with Gasteiger partial charge in [0, 0.05) is 37.8 Å². The number of carbonyl (C=O) groups excluding carboxylic acids is 1. The van der Waals surface area contributed by atoms with Crippen molar-refractivity contribution in [2.24, 2.45) is 0 Å². The number of hydrogen-bond acceptors (Lipinski definition) is 3. The molecule has 3 heterocycles. The molecule has 0 saturated carbocycles. The van der Waals surface area contributed by atoms with Crippen molar-refractivity contribution in [3.63, 3.8) is 0 Å². The van der Waals surface area contributed by atoms with E-state index in [-0.39, 0.29) is 12.5 Å². The van der Waals surface area contributed by atoms with E-state index in [1.165, 1.54) is 18.4 Å². The van der Waals surface area contributed by atoms with Crippen molar-refractivity contribution in [1.29, 1.82) is 0 Å². The first kappa shape index (κ1) is 15.8. The van der Waals surface area contributed by atoms with Crippen LogP contribution in [0.4, 0.5) is 8.78 Å². The maximum atomic E-state index is 13.5. The van der Waals surface area contributed by atoms with Gasteiger partial charge in [0.25, 0.3) is 5.91 Å². The van der Waals surface area contributed by atoms with Crippen LogP contribution in [0.5, 0.6) is 0 Å². The molecule has 4 rings (SSSR count). The summed E-state index contributed by atoms with van der Waals surface area (Å²) in [6.45, 7) is 2.19. The molecule has 0 unspecified atom stereocenters. The highest BCUT2D eigenvalue weighted by Gasteiger charge is 2.24. The second-order valence-electron chi connectivity index (χ2n) is 5.97. The molecule has 130 valence electrons. The minimum atomic E-state index is -0.647. The Morgan fingerprint density at radius 1 is 1.08 bits per heavy atom. The van der Waals surface area contributed by atoms with Gasteiger partial charge in [-0.3, -0.25) is 4.79 Å². The third-order valence-corrected chi connectivity index (χ3v) is 4.30. The first-order chi connectivity index (χ1) is 12.1. The standard InChI is InChI=1S/C18H16F2N2O3/c19-13-7-12(8-14(20)9-13)11-22-15-1-4-25-17(15)10-16(22)18(23)21-2-5-24-6-3-21/h1,4,7-10H,2-3,5-6,11H2. The summed E-state index contributed by atoms with van der Waals surface area (Å²) in [6, 6.07) is 6.76. The van der Waals surface area contributed by atoms with Crippen LogP contribution in [0, 0.1) is 11.6 Å². The van der Waals surface area contributed by atoms with Crippen molar-refractivity contribution in [2.75, 3.05) is 26.3 Å². The van der Waals surface area contributed by atoms with Crippen LogP contribution >= 0.6 is 0 Å². The lowest BCUT2D eigenvalue weighted by Crippen LogP contribution is -2.41. The summed E-state index contributed by atoms with van der Waals surface area (Å²) in [4.78, 5) is 14.6. The summed E-state index contributed by atoms with van der Waals surface area (Å²) in [7, 11) is 0. The summed E-state index contributed by atoms with van der Waals surface area (Å²) in [5.74, 6) is -1.44. The van der Waals surface area contributed by atoms with Gasteiger partial charge in [0.05, 0.1) is 25.0 Å². The molecule has 0 radical (unpaired) electrons. The lowest BCUT2D eigenvalue weighted by Gasteiger charge is -2.27. The molecule has 7 heteroatoms. The molecule has 1 aliphatic rings. The number of halogens is 2. The highest BCUT2D eigenvalue weighted by molar-refractivity contribution is 5.97. The van der Waals surface area contributed by atoms with E-state index >= 15 is 0 Å².